The molecule has 0 spiro atoms. The fourth-order valence-electron chi connectivity index (χ4n) is 4.21. The molecule has 0 heterocycles. The van der Waals surface area contributed by atoms with Gasteiger partial charge in [0.1, 0.15) is 5.41 Å². The van der Waals surface area contributed by atoms with Gasteiger partial charge in [-0.05, 0) is 42.0 Å². The fraction of sp³-hybridized carbons (Fsp3) is 0.412. The number of Topliss-reactive ketones (excluding diaryl/α,β-unsaturated/α-hetero) is 3. The van der Waals surface area contributed by atoms with Crippen molar-refractivity contribution in [3.63, 3.8) is 0 Å². The molecule has 2 atom stereocenters. The molecule has 0 saturated heterocycles. The van der Waals surface area contributed by atoms with E-state index < -0.39 is 39.3 Å². The van der Waals surface area contributed by atoms with Gasteiger partial charge in [-0.25, -0.2) is 0 Å². The molecule has 23 heavy (non-hydrogen) atoms. The topological polar surface area (TPSA) is 94.3 Å². The van der Waals surface area contributed by atoms with E-state index in [0.717, 1.165) is 0 Å². The number of nitrogens with two attached hydrogens (primary N) is 1. The van der Waals surface area contributed by atoms with Gasteiger partial charge >= 0.3 is 0 Å². The highest BCUT2D eigenvalue weighted by molar-refractivity contribution is 6.68. The third-order valence-corrected chi connectivity index (χ3v) is 5.82. The number of carbonyl (C=O) groups is 4. The Bertz CT molecular complexity index is 783. The van der Waals surface area contributed by atoms with Crippen LogP contribution in [0.5, 0.6) is 0 Å². The number of hydrogen-bond donors (Lipinski definition) is 1. The first-order chi connectivity index (χ1) is 10.6. The summed E-state index contributed by atoms with van der Waals surface area (Å²) < 4.78 is 0. The fourth-order valence-corrected chi connectivity index (χ4v) is 4.39. The molecule has 2 saturated carbocycles. The summed E-state index contributed by atoms with van der Waals surface area (Å²) in [4.78, 5) is 49.0. The van der Waals surface area contributed by atoms with Gasteiger partial charge in [0.15, 0.2) is 5.78 Å². The van der Waals surface area contributed by atoms with Crippen LogP contribution in [0.1, 0.15) is 47.4 Å². The number of rotatable bonds is 3. The normalized spacial score (nSPS) is 28.2. The summed E-state index contributed by atoms with van der Waals surface area (Å²) in [6.07, 6.45) is 0.904. The van der Waals surface area contributed by atoms with Gasteiger partial charge in [-0.15, -0.1) is 0 Å². The molecule has 2 fully saturated rings. The van der Waals surface area contributed by atoms with Gasteiger partial charge in [0.25, 0.3) is 5.24 Å². The van der Waals surface area contributed by atoms with Crippen molar-refractivity contribution in [2.45, 2.75) is 26.7 Å². The highest BCUT2D eigenvalue weighted by Crippen LogP contribution is 2.63. The summed E-state index contributed by atoms with van der Waals surface area (Å²) in [5, 5.41) is -0.715. The van der Waals surface area contributed by atoms with Gasteiger partial charge in [-0.1, -0.05) is 19.9 Å². The van der Waals surface area contributed by atoms with E-state index in [4.69, 9.17) is 17.3 Å². The van der Waals surface area contributed by atoms with Crippen molar-refractivity contribution in [2.24, 2.45) is 16.7 Å². The second kappa shape index (κ2) is 4.74. The maximum absolute atomic E-state index is 13.1. The van der Waals surface area contributed by atoms with E-state index in [1.165, 1.54) is 18.2 Å². The summed E-state index contributed by atoms with van der Waals surface area (Å²) in [6.45, 7) is 3.59. The van der Waals surface area contributed by atoms with E-state index in [9.17, 15) is 19.2 Å². The molecule has 1 aromatic rings. The number of fused-ring (bicyclic) bond motifs is 2. The smallest absolute Gasteiger partial charge is 0.254 e. The molecule has 2 unspecified atom stereocenters. The van der Waals surface area contributed by atoms with Gasteiger partial charge in [-0.2, -0.15) is 0 Å². The van der Waals surface area contributed by atoms with Crippen LogP contribution in [0.25, 0.3) is 0 Å². The van der Waals surface area contributed by atoms with Gasteiger partial charge in [0.2, 0.25) is 11.6 Å². The summed E-state index contributed by atoms with van der Waals surface area (Å²) in [7, 11) is 0. The van der Waals surface area contributed by atoms with Crippen LogP contribution in [0.15, 0.2) is 18.2 Å². The monoisotopic (exact) mass is 333 g/mol. The van der Waals surface area contributed by atoms with E-state index in [1.807, 2.05) is 0 Å². The Labute approximate surface area is 138 Å². The molecule has 1 aromatic carbocycles. The van der Waals surface area contributed by atoms with Crippen molar-refractivity contribution in [2.75, 3.05) is 5.73 Å². The Balaban J connectivity index is 2.10. The Morgan fingerprint density at radius 3 is 2.39 bits per heavy atom. The van der Waals surface area contributed by atoms with Crippen LogP contribution in [0, 0.1) is 16.7 Å². The largest absolute Gasteiger partial charge is 0.398 e. The minimum Gasteiger partial charge on any atom is -0.398 e. The van der Waals surface area contributed by atoms with E-state index in [1.54, 1.807) is 13.8 Å². The van der Waals surface area contributed by atoms with Crippen molar-refractivity contribution in [1.29, 1.82) is 0 Å². The average molecular weight is 334 g/mol. The highest BCUT2D eigenvalue weighted by Gasteiger charge is 2.72. The van der Waals surface area contributed by atoms with E-state index in [0.29, 0.717) is 12.8 Å². The molecule has 2 aliphatic rings. The summed E-state index contributed by atoms with van der Waals surface area (Å²) in [5.41, 5.74) is 4.15. The van der Waals surface area contributed by atoms with Crippen LogP contribution in [0.2, 0.25) is 0 Å². The van der Waals surface area contributed by atoms with E-state index in [2.05, 4.69) is 0 Å². The van der Waals surface area contributed by atoms with Gasteiger partial charge in [0, 0.05) is 17.2 Å². The lowest BCUT2D eigenvalue weighted by molar-refractivity contribution is -0.140. The minimum atomic E-state index is -1.33. The molecule has 0 aliphatic heterocycles. The number of nitrogen functional groups attached to an aromatic ring is 1. The first-order valence-electron chi connectivity index (χ1n) is 7.37. The Hall–Kier alpha value is -2.01. The molecule has 2 bridgehead atoms. The van der Waals surface area contributed by atoms with Crippen LogP contribution in [0.3, 0.4) is 0 Å². The molecule has 2 N–H and O–H groups in total. The van der Waals surface area contributed by atoms with E-state index in [-0.39, 0.29) is 16.8 Å². The maximum Gasteiger partial charge on any atom is 0.254 e. The van der Waals surface area contributed by atoms with Gasteiger partial charge in [0.05, 0.1) is 5.56 Å². The highest BCUT2D eigenvalue weighted by atomic mass is 35.5. The van der Waals surface area contributed by atoms with Crippen LogP contribution < -0.4 is 5.73 Å². The molecular weight excluding hydrogens is 318 g/mol. The SMILES string of the molecule is CC1(C)C2CCC1(C(=O)c1ccc(C(=O)Cl)c(N)c1)C(=O)C2=O. The van der Waals surface area contributed by atoms with Crippen molar-refractivity contribution < 1.29 is 19.2 Å². The predicted molar refractivity (Wildman–Crippen MR) is 84.3 cm³/mol. The lowest BCUT2D eigenvalue weighted by Gasteiger charge is -2.34. The Morgan fingerprint density at radius 2 is 1.91 bits per heavy atom. The van der Waals surface area contributed by atoms with Crippen LogP contribution in [0.4, 0.5) is 5.69 Å². The number of ketones is 3. The van der Waals surface area contributed by atoms with Gasteiger partial charge < -0.3 is 5.73 Å². The average Bonchev–Trinajstić information content (AvgIpc) is 2.82. The number of halogens is 1. The molecule has 120 valence electrons. The van der Waals surface area contributed by atoms with Gasteiger partial charge in [-0.3, -0.25) is 19.2 Å². The zero-order chi connectivity index (χ0) is 17.2. The molecule has 0 aromatic heterocycles. The predicted octanol–water partition coefficient (Wildman–Crippen LogP) is 2.40. The lowest BCUT2D eigenvalue weighted by Crippen LogP contribution is -2.44. The maximum atomic E-state index is 13.1. The van der Waals surface area contributed by atoms with Crippen LogP contribution in [-0.4, -0.2) is 22.6 Å². The first kappa shape index (κ1) is 15.9. The number of benzene rings is 1. The molecular formula is C17H16ClNO4. The third kappa shape index (κ3) is 1.80. The molecule has 0 amide bonds. The van der Waals surface area contributed by atoms with Crippen LogP contribution >= 0.6 is 11.6 Å². The molecule has 2 aliphatic carbocycles. The number of hydrogen-bond acceptors (Lipinski definition) is 5. The number of carbonyl (C=O) groups excluding carboxylic acids is 4. The first-order valence-corrected chi connectivity index (χ1v) is 7.75. The Kier molecular flexibility index (Phi) is 3.27. The lowest BCUT2D eigenvalue weighted by atomic mass is 9.65. The quantitative estimate of drug-likeness (QED) is 0.301. The third-order valence-electron chi connectivity index (χ3n) is 5.62. The zero-order valence-corrected chi connectivity index (χ0v) is 13.6. The second-order valence-electron chi connectivity index (χ2n) is 6.82. The van der Waals surface area contributed by atoms with Crippen molar-refractivity contribution in [1.82, 2.24) is 0 Å². The van der Waals surface area contributed by atoms with Crippen LogP contribution in [-0.2, 0) is 9.59 Å². The molecule has 6 heteroatoms. The van der Waals surface area contributed by atoms with Crippen molar-refractivity contribution in [3.05, 3.63) is 29.3 Å². The summed E-state index contributed by atoms with van der Waals surface area (Å²) in [5.74, 6) is -1.85. The molecule has 0 radical (unpaired) electrons. The van der Waals surface area contributed by atoms with Crippen molar-refractivity contribution >= 4 is 39.9 Å². The summed E-state index contributed by atoms with van der Waals surface area (Å²) >= 11 is 5.41. The zero-order valence-electron chi connectivity index (χ0n) is 12.8. The minimum absolute atomic E-state index is 0.0800. The summed E-state index contributed by atoms with van der Waals surface area (Å²) in [6, 6.07) is 4.16. The standard InChI is InChI=1S/C17H16ClNO4/c1-16(2)10-5-6-17(16,14(22)12(10)20)13(21)8-3-4-9(15(18)23)11(19)7-8/h3-4,7,10H,5-6,19H2,1-2H3. The van der Waals surface area contributed by atoms with Crippen molar-refractivity contribution in [3.8, 4) is 0 Å². The molecule has 5 nitrogen and oxygen atoms in total. The van der Waals surface area contributed by atoms with E-state index >= 15 is 0 Å². The molecule has 3 rings (SSSR count). The number of anilines is 1. The Morgan fingerprint density at radius 1 is 1.26 bits per heavy atom. The second-order valence-corrected chi connectivity index (χ2v) is 7.16.